The Morgan fingerprint density at radius 2 is 1.39 bits per heavy atom. The molecular formula is C15H31N2O. The van der Waals surface area contributed by atoms with Crippen molar-refractivity contribution in [1.29, 1.82) is 0 Å². The van der Waals surface area contributed by atoms with Crippen LogP contribution in [0.4, 0.5) is 4.79 Å². The second-order valence-electron chi connectivity index (χ2n) is 4.92. The van der Waals surface area contributed by atoms with Crippen LogP contribution in [0.1, 0.15) is 72.1 Å². The highest BCUT2D eigenvalue weighted by Crippen LogP contribution is 2.02. The molecule has 0 aromatic rings. The number of amides is 2. The van der Waals surface area contributed by atoms with Crippen LogP contribution >= 0.6 is 0 Å². The zero-order valence-electron chi connectivity index (χ0n) is 12.6. The Morgan fingerprint density at radius 3 is 1.89 bits per heavy atom. The maximum atomic E-state index is 11.9. The van der Waals surface area contributed by atoms with Crippen molar-refractivity contribution < 1.29 is 4.79 Å². The lowest BCUT2D eigenvalue weighted by Crippen LogP contribution is -2.37. The first-order chi connectivity index (χ1) is 8.76. The molecule has 0 aliphatic rings. The highest BCUT2D eigenvalue weighted by molar-refractivity contribution is 5.73. The molecule has 18 heavy (non-hydrogen) atoms. The van der Waals surface area contributed by atoms with Crippen molar-refractivity contribution in [2.75, 3.05) is 19.6 Å². The van der Waals surface area contributed by atoms with Crippen LogP contribution in [0.5, 0.6) is 0 Å². The summed E-state index contributed by atoms with van der Waals surface area (Å²) in [6, 6.07) is 0.00778. The molecule has 1 radical (unpaired) electrons. The molecule has 0 fully saturated rings. The minimum absolute atomic E-state index is 0.00778. The molecule has 0 heterocycles. The lowest BCUT2D eigenvalue weighted by atomic mass is 10.2. The Hall–Kier alpha value is -0.730. The molecule has 0 aromatic carbocycles. The van der Waals surface area contributed by atoms with Gasteiger partial charge in [0.1, 0.15) is 0 Å². The Bertz CT molecular complexity index is 187. The molecular weight excluding hydrogens is 224 g/mol. The fourth-order valence-electron chi connectivity index (χ4n) is 1.81. The summed E-state index contributed by atoms with van der Waals surface area (Å²) in [6.07, 6.45) is 9.15. The van der Waals surface area contributed by atoms with Crippen molar-refractivity contribution >= 4 is 6.03 Å². The van der Waals surface area contributed by atoms with Crippen LogP contribution in [0, 0.1) is 0 Å². The first-order valence-electron chi connectivity index (χ1n) is 7.72. The molecule has 0 atom stereocenters. The zero-order valence-corrected chi connectivity index (χ0v) is 12.6. The minimum Gasteiger partial charge on any atom is -0.323 e. The summed E-state index contributed by atoms with van der Waals surface area (Å²) in [6.45, 7) is 8.95. The van der Waals surface area contributed by atoms with Gasteiger partial charge >= 0.3 is 6.03 Å². The van der Waals surface area contributed by atoms with Crippen molar-refractivity contribution in [1.82, 2.24) is 10.2 Å². The van der Waals surface area contributed by atoms with E-state index < -0.39 is 0 Å². The summed E-state index contributed by atoms with van der Waals surface area (Å²) in [5.74, 6) is 0. The molecule has 0 unspecified atom stereocenters. The quantitative estimate of drug-likeness (QED) is 0.510. The molecule has 0 aromatic heterocycles. The Labute approximate surface area is 113 Å². The molecule has 3 heteroatoms. The standard InChI is InChI=1S/C15H31N2O/c1-4-7-10-11-12-16-15(18)17(13-8-5-2)14-9-6-3/h4-14H2,1-3H3. The smallest absolute Gasteiger partial charge is 0.323 e. The molecule has 0 aliphatic heterocycles. The van der Waals surface area contributed by atoms with Crippen molar-refractivity contribution in [3.8, 4) is 0 Å². The monoisotopic (exact) mass is 255 g/mol. The zero-order chi connectivity index (χ0) is 13.6. The molecule has 3 nitrogen and oxygen atoms in total. The van der Waals surface area contributed by atoms with Crippen molar-refractivity contribution in [3.63, 3.8) is 0 Å². The second kappa shape index (κ2) is 12.7. The number of carbonyl (C=O) groups is 1. The van der Waals surface area contributed by atoms with Gasteiger partial charge in [0.2, 0.25) is 0 Å². The molecule has 107 valence electrons. The Kier molecular flexibility index (Phi) is 12.2. The molecule has 0 aliphatic carbocycles. The van der Waals surface area contributed by atoms with Gasteiger partial charge in [-0.15, -0.1) is 0 Å². The maximum Gasteiger partial charge on any atom is 0.338 e. The van der Waals surface area contributed by atoms with Crippen LogP contribution < -0.4 is 5.32 Å². The number of carbonyl (C=O) groups excluding carboxylic acids is 1. The van der Waals surface area contributed by atoms with Gasteiger partial charge in [-0.3, -0.25) is 0 Å². The van der Waals surface area contributed by atoms with E-state index in [4.69, 9.17) is 0 Å². The van der Waals surface area contributed by atoms with Gasteiger partial charge in [0.25, 0.3) is 0 Å². The minimum atomic E-state index is 0.00778. The van der Waals surface area contributed by atoms with E-state index in [9.17, 15) is 4.79 Å². The molecule has 0 spiro atoms. The fraction of sp³-hybridized carbons (Fsp3) is 0.933. The summed E-state index contributed by atoms with van der Waals surface area (Å²) >= 11 is 0. The van der Waals surface area contributed by atoms with Gasteiger partial charge in [-0.05, 0) is 19.3 Å². The van der Waals surface area contributed by atoms with Crippen molar-refractivity contribution in [2.45, 2.75) is 72.1 Å². The van der Waals surface area contributed by atoms with E-state index in [2.05, 4.69) is 26.1 Å². The molecule has 0 N–H and O–H groups in total. The van der Waals surface area contributed by atoms with Gasteiger partial charge in [-0.2, -0.15) is 0 Å². The van der Waals surface area contributed by atoms with Gasteiger partial charge in [0.15, 0.2) is 0 Å². The average molecular weight is 255 g/mol. The first kappa shape index (κ1) is 17.3. The van der Waals surface area contributed by atoms with Crippen molar-refractivity contribution in [3.05, 3.63) is 0 Å². The SMILES string of the molecule is CCCCCC[N]C(=O)N(CCCC)CCCC. The van der Waals surface area contributed by atoms with E-state index in [0.717, 1.165) is 45.2 Å². The van der Waals surface area contributed by atoms with E-state index in [0.29, 0.717) is 6.54 Å². The van der Waals surface area contributed by atoms with Crippen LogP contribution in [-0.2, 0) is 0 Å². The normalized spacial score (nSPS) is 10.4. The molecule has 0 saturated carbocycles. The summed E-state index contributed by atoms with van der Waals surface area (Å²) in [5.41, 5.74) is 0. The summed E-state index contributed by atoms with van der Waals surface area (Å²) < 4.78 is 0. The van der Waals surface area contributed by atoms with Crippen LogP contribution in [-0.4, -0.2) is 30.6 Å². The average Bonchev–Trinajstić information content (AvgIpc) is 2.38. The van der Waals surface area contributed by atoms with Crippen LogP contribution in [0.15, 0.2) is 0 Å². The number of hydrogen-bond donors (Lipinski definition) is 0. The van der Waals surface area contributed by atoms with E-state index in [1.54, 1.807) is 0 Å². The third kappa shape index (κ3) is 9.32. The molecule has 0 saturated heterocycles. The molecule has 0 rings (SSSR count). The third-order valence-corrected chi connectivity index (χ3v) is 3.09. The number of unbranched alkanes of at least 4 members (excludes halogenated alkanes) is 5. The highest BCUT2D eigenvalue weighted by atomic mass is 16.2. The third-order valence-electron chi connectivity index (χ3n) is 3.09. The number of nitrogens with zero attached hydrogens (tertiary/aromatic N) is 2. The lowest BCUT2D eigenvalue weighted by molar-refractivity contribution is 0.195. The van der Waals surface area contributed by atoms with Crippen molar-refractivity contribution in [2.24, 2.45) is 0 Å². The van der Waals surface area contributed by atoms with Gasteiger partial charge in [0.05, 0.1) is 0 Å². The summed E-state index contributed by atoms with van der Waals surface area (Å²) in [5, 5.41) is 4.19. The van der Waals surface area contributed by atoms with E-state index >= 15 is 0 Å². The second-order valence-corrected chi connectivity index (χ2v) is 4.92. The summed E-state index contributed by atoms with van der Waals surface area (Å²) in [4.78, 5) is 13.9. The summed E-state index contributed by atoms with van der Waals surface area (Å²) in [7, 11) is 0. The molecule has 2 amide bonds. The highest BCUT2D eigenvalue weighted by Gasteiger charge is 2.12. The predicted octanol–water partition coefficient (Wildman–Crippen LogP) is 4.19. The number of rotatable bonds is 11. The number of hydrogen-bond acceptors (Lipinski definition) is 1. The Morgan fingerprint density at radius 1 is 0.833 bits per heavy atom. The number of urea groups is 1. The van der Waals surface area contributed by atoms with Crippen LogP contribution in [0.25, 0.3) is 0 Å². The predicted molar refractivity (Wildman–Crippen MR) is 77.9 cm³/mol. The van der Waals surface area contributed by atoms with E-state index in [1.165, 1.54) is 19.3 Å². The fourth-order valence-corrected chi connectivity index (χ4v) is 1.81. The van der Waals surface area contributed by atoms with Gasteiger partial charge in [-0.25, -0.2) is 10.1 Å². The first-order valence-corrected chi connectivity index (χ1v) is 7.72. The maximum absolute atomic E-state index is 11.9. The van der Waals surface area contributed by atoms with Crippen LogP contribution in [0.3, 0.4) is 0 Å². The van der Waals surface area contributed by atoms with E-state index in [-0.39, 0.29) is 6.03 Å². The largest absolute Gasteiger partial charge is 0.338 e. The van der Waals surface area contributed by atoms with Crippen LogP contribution in [0.2, 0.25) is 0 Å². The molecule has 0 bridgehead atoms. The van der Waals surface area contributed by atoms with Gasteiger partial charge in [-0.1, -0.05) is 52.9 Å². The van der Waals surface area contributed by atoms with Gasteiger partial charge < -0.3 is 4.90 Å². The lowest BCUT2D eigenvalue weighted by Gasteiger charge is -2.21. The van der Waals surface area contributed by atoms with Gasteiger partial charge in [0, 0.05) is 19.6 Å². The van der Waals surface area contributed by atoms with E-state index in [1.807, 2.05) is 4.90 Å². The topological polar surface area (TPSA) is 34.4 Å². The Balaban J connectivity index is 3.80.